The van der Waals surface area contributed by atoms with Crippen molar-refractivity contribution in [1.82, 2.24) is 10.2 Å². The van der Waals surface area contributed by atoms with Gasteiger partial charge in [-0.05, 0) is 56.0 Å². The smallest absolute Gasteiger partial charge is 0.261 e. The van der Waals surface area contributed by atoms with Gasteiger partial charge >= 0.3 is 0 Å². The van der Waals surface area contributed by atoms with E-state index in [1.54, 1.807) is 11.9 Å². The number of carbonyl (C=O) groups excluding carboxylic acids is 2. The molecule has 2 aromatic carbocycles. The van der Waals surface area contributed by atoms with Crippen LogP contribution in [0.3, 0.4) is 0 Å². The second kappa shape index (κ2) is 10.4. The first kappa shape index (κ1) is 22.9. The molecule has 156 valence electrons. The zero-order valence-corrected chi connectivity index (χ0v) is 19.3. The van der Waals surface area contributed by atoms with Crippen molar-refractivity contribution in [2.45, 2.75) is 46.7 Å². The first-order valence-corrected chi connectivity index (χ1v) is 10.5. The Bertz CT molecular complexity index is 859. The van der Waals surface area contributed by atoms with Crippen molar-refractivity contribution in [3.8, 4) is 5.75 Å². The average molecular weight is 461 g/mol. The van der Waals surface area contributed by atoms with Crippen LogP contribution in [0.2, 0.25) is 0 Å². The number of likely N-dealkylation sites (N-methyl/N-ethyl adjacent to an activating group) is 1. The molecule has 0 bridgehead atoms. The van der Waals surface area contributed by atoms with Gasteiger partial charge in [0.1, 0.15) is 11.8 Å². The molecule has 1 atom stereocenters. The van der Waals surface area contributed by atoms with E-state index in [0.717, 1.165) is 26.7 Å². The quantitative estimate of drug-likeness (QED) is 0.638. The summed E-state index contributed by atoms with van der Waals surface area (Å²) in [6, 6.07) is 11.2. The summed E-state index contributed by atoms with van der Waals surface area (Å²) in [5.41, 5.74) is 4.18. The predicted octanol–water partition coefficient (Wildman–Crippen LogP) is 4.31. The van der Waals surface area contributed by atoms with Gasteiger partial charge in [0.2, 0.25) is 5.91 Å². The highest BCUT2D eigenvalue weighted by atomic mass is 79.9. The van der Waals surface area contributed by atoms with E-state index in [1.165, 1.54) is 0 Å². The van der Waals surface area contributed by atoms with Gasteiger partial charge in [-0.1, -0.05) is 52.7 Å². The van der Waals surface area contributed by atoms with Gasteiger partial charge in [-0.25, -0.2) is 0 Å². The number of ether oxygens (including phenoxy) is 1. The Balaban J connectivity index is 2.22. The van der Waals surface area contributed by atoms with E-state index in [4.69, 9.17) is 4.74 Å². The van der Waals surface area contributed by atoms with E-state index in [0.29, 0.717) is 18.7 Å². The van der Waals surface area contributed by atoms with E-state index in [2.05, 4.69) is 21.2 Å². The lowest BCUT2D eigenvalue weighted by atomic mass is 10.1. The molecule has 5 nitrogen and oxygen atoms in total. The number of hydrogen-bond acceptors (Lipinski definition) is 3. The highest BCUT2D eigenvalue weighted by molar-refractivity contribution is 9.10. The van der Waals surface area contributed by atoms with E-state index < -0.39 is 6.04 Å². The Morgan fingerprint density at radius 2 is 1.79 bits per heavy atom. The number of rotatable bonds is 8. The van der Waals surface area contributed by atoms with Gasteiger partial charge in [0.05, 0.1) is 0 Å². The van der Waals surface area contributed by atoms with Crippen LogP contribution in [0, 0.1) is 20.8 Å². The monoisotopic (exact) mass is 460 g/mol. The van der Waals surface area contributed by atoms with Gasteiger partial charge in [0, 0.05) is 18.1 Å². The molecule has 0 saturated carbocycles. The van der Waals surface area contributed by atoms with Gasteiger partial charge in [-0.3, -0.25) is 9.59 Å². The maximum Gasteiger partial charge on any atom is 0.261 e. The molecule has 2 rings (SSSR count). The van der Waals surface area contributed by atoms with Gasteiger partial charge in [-0.15, -0.1) is 0 Å². The minimum absolute atomic E-state index is 0.125. The first-order valence-electron chi connectivity index (χ1n) is 9.73. The van der Waals surface area contributed by atoms with Crippen LogP contribution in [0.25, 0.3) is 0 Å². The number of amides is 2. The van der Waals surface area contributed by atoms with Gasteiger partial charge in [0.15, 0.2) is 6.61 Å². The fraction of sp³-hybridized carbons (Fsp3) is 0.391. The van der Waals surface area contributed by atoms with Crippen molar-refractivity contribution in [2.75, 3.05) is 13.7 Å². The summed E-state index contributed by atoms with van der Waals surface area (Å²) in [4.78, 5) is 27.1. The molecule has 0 aliphatic rings. The molecule has 1 N–H and O–H groups in total. The molecule has 29 heavy (non-hydrogen) atoms. The highest BCUT2D eigenvalue weighted by Gasteiger charge is 2.28. The van der Waals surface area contributed by atoms with Gasteiger partial charge in [0.25, 0.3) is 5.91 Å². The maximum atomic E-state index is 13.1. The van der Waals surface area contributed by atoms with Crippen LogP contribution in [-0.4, -0.2) is 36.4 Å². The van der Waals surface area contributed by atoms with Crippen molar-refractivity contribution in [2.24, 2.45) is 0 Å². The Kier molecular flexibility index (Phi) is 8.26. The van der Waals surface area contributed by atoms with E-state index in [-0.39, 0.29) is 18.4 Å². The Morgan fingerprint density at radius 3 is 2.34 bits per heavy atom. The Labute approximate surface area is 181 Å². The van der Waals surface area contributed by atoms with Gasteiger partial charge < -0.3 is 15.0 Å². The molecule has 0 aliphatic carbocycles. The van der Waals surface area contributed by atoms with Crippen LogP contribution in [0.5, 0.6) is 5.75 Å². The van der Waals surface area contributed by atoms with E-state index in [9.17, 15) is 9.59 Å². The number of nitrogens with zero attached hydrogens (tertiary/aromatic N) is 1. The van der Waals surface area contributed by atoms with Crippen LogP contribution in [0.15, 0.2) is 40.9 Å². The molecule has 2 amide bonds. The normalized spacial score (nSPS) is 11.7. The second-order valence-corrected chi connectivity index (χ2v) is 8.00. The molecule has 0 heterocycles. The molecule has 0 aliphatic heterocycles. The zero-order valence-electron chi connectivity index (χ0n) is 17.7. The van der Waals surface area contributed by atoms with Crippen molar-refractivity contribution in [3.63, 3.8) is 0 Å². The molecule has 6 heteroatoms. The molecule has 0 radical (unpaired) electrons. The number of nitrogens with one attached hydrogen (secondary N) is 1. The molecule has 0 spiro atoms. The SMILES string of the molecule is CC[C@H](C(=O)NC)N(Cc1cccc(C)c1)C(=O)COc1cc(C)c(Br)c(C)c1. The third-order valence-corrected chi connectivity index (χ3v) is 6.09. The number of hydrogen-bond donors (Lipinski definition) is 1. The number of benzene rings is 2. The third kappa shape index (κ3) is 6.07. The highest BCUT2D eigenvalue weighted by Crippen LogP contribution is 2.26. The summed E-state index contributed by atoms with van der Waals surface area (Å²) >= 11 is 3.54. The summed E-state index contributed by atoms with van der Waals surface area (Å²) in [7, 11) is 1.59. The molecular weight excluding hydrogens is 432 g/mol. The van der Waals surface area contributed by atoms with Crippen molar-refractivity contribution in [1.29, 1.82) is 0 Å². The van der Waals surface area contributed by atoms with Gasteiger partial charge in [-0.2, -0.15) is 0 Å². The van der Waals surface area contributed by atoms with Crippen molar-refractivity contribution in [3.05, 3.63) is 63.1 Å². The lowest BCUT2D eigenvalue weighted by Crippen LogP contribution is -2.49. The summed E-state index contributed by atoms with van der Waals surface area (Å²) < 4.78 is 6.82. The predicted molar refractivity (Wildman–Crippen MR) is 119 cm³/mol. The molecular formula is C23H29BrN2O3. The third-order valence-electron chi connectivity index (χ3n) is 4.84. The van der Waals surface area contributed by atoms with Crippen molar-refractivity contribution < 1.29 is 14.3 Å². The molecule has 0 saturated heterocycles. The summed E-state index contributed by atoms with van der Waals surface area (Å²) in [5, 5.41) is 2.66. The minimum atomic E-state index is -0.551. The van der Waals surface area contributed by atoms with Crippen LogP contribution >= 0.6 is 15.9 Å². The van der Waals surface area contributed by atoms with Crippen LogP contribution < -0.4 is 10.1 Å². The standard InChI is InChI=1S/C23H29BrN2O3/c1-6-20(23(28)25-5)26(13-18-9-7-8-15(2)10-18)21(27)14-29-19-11-16(3)22(24)17(4)12-19/h7-12,20H,6,13-14H2,1-5H3,(H,25,28)/t20-/m1/s1. The van der Waals surface area contributed by atoms with E-state index in [1.807, 2.05) is 64.1 Å². The largest absolute Gasteiger partial charge is 0.484 e. The average Bonchev–Trinajstić information content (AvgIpc) is 2.69. The molecule has 2 aromatic rings. The lowest BCUT2D eigenvalue weighted by molar-refractivity contribution is -0.142. The second-order valence-electron chi connectivity index (χ2n) is 7.21. The summed E-state index contributed by atoms with van der Waals surface area (Å²) in [5.74, 6) is 0.240. The maximum absolute atomic E-state index is 13.1. The van der Waals surface area contributed by atoms with Crippen LogP contribution in [-0.2, 0) is 16.1 Å². The molecule has 0 aromatic heterocycles. The fourth-order valence-electron chi connectivity index (χ4n) is 3.31. The number of halogens is 1. The molecule has 0 unspecified atom stereocenters. The minimum Gasteiger partial charge on any atom is -0.484 e. The van der Waals surface area contributed by atoms with E-state index >= 15 is 0 Å². The summed E-state index contributed by atoms with van der Waals surface area (Å²) in [6.45, 7) is 8.10. The molecule has 0 fully saturated rings. The van der Waals surface area contributed by atoms with Crippen molar-refractivity contribution >= 4 is 27.7 Å². The topological polar surface area (TPSA) is 58.6 Å². The Hall–Kier alpha value is -2.34. The number of aryl methyl sites for hydroxylation is 3. The fourth-order valence-corrected chi connectivity index (χ4v) is 3.54. The lowest BCUT2D eigenvalue weighted by Gasteiger charge is -2.30. The zero-order chi connectivity index (χ0) is 21.6. The number of carbonyl (C=O) groups is 2. The van der Waals surface area contributed by atoms with Crippen LogP contribution in [0.4, 0.5) is 0 Å². The first-order chi connectivity index (χ1) is 13.8. The Morgan fingerprint density at radius 1 is 1.14 bits per heavy atom. The van der Waals surface area contributed by atoms with Crippen LogP contribution in [0.1, 0.15) is 35.6 Å². The summed E-state index contributed by atoms with van der Waals surface area (Å²) in [6.07, 6.45) is 0.522.